The van der Waals surface area contributed by atoms with Crippen LogP contribution < -0.4 is 10.6 Å². The van der Waals surface area contributed by atoms with Gasteiger partial charge in [0.1, 0.15) is 11.6 Å². The molecule has 3 aromatic carbocycles. The summed E-state index contributed by atoms with van der Waals surface area (Å²) in [4.78, 5) is 32.7. The van der Waals surface area contributed by atoms with Crippen molar-refractivity contribution in [1.82, 2.24) is 20.5 Å². The molecule has 0 fully saturated rings. The van der Waals surface area contributed by atoms with Gasteiger partial charge in [0.2, 0.25) is 0 Å². The lowest BCUT2D eigenvalue weighted by atomic mass is 9.99. The summed E-state index contributed by atoms with van der Waals surface area (Å²) < 4.78 is 28.1. The minimum Gasteiger partial charge on any atom is -0.390 e. The second-order valence-electron chi connectivity index (χ2n) is 11.6. The molecule has 1 aromatic heterocycles. The normalized spacial score (nSPS) is 12.4. The van der Waals surface area contributed by atoms with Gasteiger partial charge in [0.15, 0.2) is 0 Å². The predicted octanol–water partition coefficient (Wildman–Crippen LogP) is 6.09. The Morgan fingerprint density at radius 3 is 2.20 bits per heavy atom. The van der Waals surface area contributed by atoms with Crippen molar-refractivity contribution < 1.29 is 23.5 Å². The molecule has 0 unspecified atom stereocenters. The third-order valence-electron chi connectivity index (χ3n) is 7.64. The number of aryl methyl sites for hydroxylation is 1. The minimum atomic E-state index is -1.10. The zero-order valence-corrected chi connectivity index (χ0v) is 26.6. The molecule has 3 N–H and O–H groups in total. The highest BCUT2D eigenvalue weighted by Gasteiger charge is 2.24. The lowest BCUT2D eigenvalue weighted by Crippen LogP contribution is -2.48. The Bertz CT molecular complexity index is 1590. The summed E-state index contributed by atoms with van der Waals surface area (Å²) in [5, 5.41) is 17.4. The lowest BCUT2D eigenvalue weighted by Gasteiger charge is -2.25. The highest BCUT2D eigenvalue weighted by atomic mass is 19.1. The molecule has 7 nitrogen and oxygen atoms in total. The minimum absolute atomic E-state index is 0.0147. The first-order chi connectivity index (χ1) is 22.2. The summed E-state index contributed by atoms with van der Waals surface area (Å²) >= 11 is 0. The highest BCUT2D eigenvalue weighted by molar-refractivity contribution is 6.00. The van der Waals surface area contributed by atoms with E-state index in [0.29, 0.717) is 30.8 Å². The van der Waals surface area contributed by atoms with E-state index in [9.17, 15) is 23.5 Å². The molecule has 4 aromatic rings. The number of carbonyl (C=O) groups excluding carboxylic acids is 2. The molecule has 242 valence electrons. The molecule has 2 atom stereocenters. The molecule has 4 rings (SSSR count). The second-order valence-corrected chi connectivity index (χ2v) is 11.6. The number of halogens is 2. The molecule has 9 heteroatoms. The van der Waals surface area contributed by atoms with E-state index in [1.165, 1.54) is 12.1 Å². The summed E-state index contributed by atoms with van der Waals surface area (Å²) in [5.74, 6) is -2.13. The third kappa shape index (κ3) is 9.76. The molecular formula is C37H42F2N4O3. The Morgan fingerprint density at radius 2 is 1.52 bits per heavy atom. The Kier molecular flexibility index (Phi) is 12.5. The van der Waals surface area contributed by atoms with E-state index in [0.717, 1.165) is 41.2 Å². The van der Waals surface area contributed by atoms with Crippen molar-refractivity contribution in [2.75, 3.05) is 19.6 Å². The Hall–Kier alpha value is -4.47. The topological polar surface area (TPSA) is 94.6 Å². The van der Waals surface area contributed by atoms with Crippen LogP contribution in [0.15, 0.2) is 85.2 Å². The van der Waals surface area contributed by atoms with Crippen LogP contribution in [0.1, 0.15) is 64.1 Å². The van der Waals surface area contributed by atoms with Gasteiger partial charge in [0.25, 0.3) is 11.8 Å². The highest BCUT2D eigenvalue weighted by Crippen LogP contribution is 2.20. The van der Waals surface area contributed by atoms with Crippen LogP contribution in [0, 0.1) is 18.6 Å². The molecule has 0 bridgehead atoms. The van der Waals surface area contributed by atoms with E-state index in [-0.39, 0.29) is 24.4 Å². The molecule has 0 aliphatic heterocycles. The van der Waals surface area contributed by atoms with E-state index in [1.54, 1.807) is 35.5 Å². The number of hydrogen-bond donors (Lipinski definition) is 3. The molecule has 0 saturated heterocycles. The van der Waals surface area contributed by atoms with Crippen molar-refractivity contribution in [3.8, 4) is 11.1 Å². The van der Waals surface area contributed by atoms with E-state index in [2.05, 4.69) is 15.6 Å². The summed E-state index contributed by atoms with van der Waals surface area (Å²) in [5.41, 5.74) is 4.76. The van der Waals surface area contributed by atoms with Crippen LogP contribution in [0.2, 0.25) is 0 Å². The van der Waals surface area contributed by atoms with Crippen LogP contribution in [-0.4, -0.2) is 58.6 Å². The molecule has 0 radical (unpaired) electrons. The second kappa shape index (κ2) is 16.7. The fourth-order valence-electron chi connectivity index (χ4n) is 5.50. The Morgan fingerprint density at radius 1 is 0.848 bits per heavy atom. The number of nitrogens with one attached hydrogen (secondary N) is 2. The third-order valence-corrected chi connectivity index (χ3v) is 7.64. The fourth-order valence-corrected chi connectivity index (χ4v) is 5.50. The van der Waals surface area contributed by atoms with Gasteiger partial charge in [-0.2, -0.15) is 0 Å². The van der Waals surface area contributed by atoms with Crippen LogP contribution in [0.5, 0.6) is 0 Å². The predicted molar refractivity (Wildman–Crippen MR) is 176 cm³/mol. The number of rotatable bonds is 15. The van der Waals surface area contributed by atoms with Crippen LogP contribution in [0.4, 0.5) is 8.78 Å². The first-order valence-electron chi connectivity index (χ1n) is 15.7. The SMILES string of the molecule is CCCN(CCC)C(=O)c1cc(C)cc(C(=O)N[C@@H](Cc2cc(F)cc(F)c2)[C@H](O)CNCc2cccc(-c3ccncc3)c2)c1. The van der Waals surface area contributed by atoms with Gasteiger partial charge in [-0.05, 0) is 103 Å². The van der Waals surface area contributed by atoms with Gasteiger partial charge in [-0.3, -0.25) is 14.6 Å². The zero-order chi connectivity index (χ0) is 33.1. The number of amides is 2. The van der Waals surface area contributed by atoms with Gasteiger partial charge in [0, 0.05) is 55.8 Å². The number of carbonyl (C=O) groups is 2. The largest absolute Gasteiger partial charge is 0.390 e. The average Bonchev–Trinajstić information content (AvgIpc) is 3.03. The molecule has 0 saturated carbocycles. The van der Waals surface area contributed by atoms with Gasteiger partial charge in [-0.15, -0.1) is 0 Å². The maximum Gasteiger partial charge on any atom is 0.253 e. The number of benzene rings is 3. The quantitative estimate of drug-likeness (QED) is 0.148. The van der Waals surface area contributed by atoms with Crippen LogP contribution in [-0.2, 0) is 13.0 Å². The van der Waals surface area contributed by atoms with Crippen LogP contribution in [0.3, 0.4) is 0 Å². The van der Waals surface area contributed by atoms with Crippen molar-refractivity contribution >= 4 is 11.8 Å². The molecule has 0 spiro atoms. The van der Waals surface area contributed by atoms with E-state index >= 15 is 0 Å². The van der Waals surface area contributed by atoms with Crippen molar-refractivity contribution in [3.63, 3.8) is 0 Å². The van der Waals surface area contributed by atoms with Crippen LogP contribution >= 0.6 is 0 Å². The lowest BCUT2D eigenvalue weighted by molar-refractivity contribution is 0.0755. The van der Waals surface area contributed by atoms with Gasteiger partial charge < -0.3 is 20.6 Å². The van der Waals surface area contributed by atoms with E-state index in [1.807, 2.05) is 57.2 Å². The molecule has 0 aliphatic carbocycles. The number of aromatic nitrogens is 1. The van der Waals surface area contributed by atoms with Gasteiger partial charge >= 0.3 is 0 Å². The average molecular weight is 629 g/mol. The monoisotopic (exact) mass is 628 g/mol. The molecule has 2 amide bonds. The fraction of sp³-hybridized carbons (Fsp3) is 0.324. The van der Waals surface area contributed by atoms with Crippen molar-refractivity contribution in [2.45, 2.75) is 58.7 Å². The smallest absolute Gasteiger partial charge is 0.253 e. The maximum atomic E-state index is 14.1. The summed E-state index contributed by atoms with van der Waals surface area (Å²) in [6.45, 7) is 7.60. The van der Waals surface area contributed by atoms with Gasteiger partial charge in [-0.25, -0.2) is 8.78 Å². The molecule has 0 aliphatic rings. The van der Waals surface area contributed by atoms with Crippen molar-refractivity contribution in [1.29, 1.82) is 0 Å². The maximum absolute atomic E-state index is 14.1. The summed E-state index contributed by atoms with van der Waals surface area (Å²) in [6, 6.07) is 19.1. The van der Waals surface area contributed by atoms with E-state index in [4.69, 9.17) is 0 Å². The van der Waals surface area contributed by atoms with Gasteiger partial charge in [-0.1, -0.05) is 32.0 Å². The molecular weight excluding hydrogens is 586 g/mol. The first kappa shape index (κ1) is 34.4. The molecule has 1 heterocycles. The zero-order valence-electron chi connectivity index (χ0n) is 26.6. The number of hydrogen-bond acceptors (Lipinski definition) is 5. The number of aliphatic hydroxyl groups excluding tert-OH is 1. The first-order valence-corrected chi connectivity index (χ1v) is 15.7. The Balaban J connectivity index is 1.50. The van der Waals surface area contributed by atoms with Crippen molar-refractivity contribution in [3.05, 3.63) is 125 Å². The van der Waals surface area contributed by atoms with Gasteiger partial charge in [0.05, 0.1) is 12.1 Å². The van der Waals surface area contributed by atoms with Crippen LogP contribution in [0.25, 0.3) is 11.1 Å². The Labute approximate surface area is 269 Å². The summed E-state index contributed by atoms with van der Waals surface area (Å²) in [7, 11) is 0. The van der Waals surface area contributed by atoms with E-state index < -0.39 is 29.7 Å². The number of nitrogens with zero attached hydrogens (tertiary/aromatic N) is 2. The number of pyridine rings is 1. The van der Waals surface area contributed by atoms with Crippen molar-refractivity contribution in [2.24, 2.45) is 0 Å². The standard InChI is InChI=1S/C37H42F2N4O3/c1-4-13-43(14-5-2)37(46)31-16-25(3)15-30(21-31)36(45)42-34(20-27-18-32(38)22-33(39)19-27)35(44)24-41-23-26-7-6-8-29(17-26)28-9-11-40-12-10-28/h6-12,15-19,21-22,34-35,41,44H,4-5,13-14,20,23-24H2,1-3H3,(H,42,45)/t34-,35+/m0/s1. The molecule has 46 heavy (non-hydrogen) atoms. The number of aliphatic hydroxyl groups is 1. The summed E-state index contributed by atoms with van der Waals surface area (Å²) in [6.07, 6.45) is 3.98.